The first-order valence-electron chi connectivity index (χ1n) is 7.97. The second-order valence-corrected chi connectivity index (χ2v) is 7.27. The van der Waals surface area contributed by atoms with Crippen LogP contribution in [0.15, 0.2) is 64.0 Å². The molecular formula is C19H12F3N3OS. The summed E-state index contributed by atoms with van der Waals surface area (Å²) in [6, 6.07) is 13.2. The molecule has 0 aliphatic carbocycles. The lowest BCUT2D eigenvalue weighted by Crippen LogP contribution is -2.63. The van der Waals surface area contributed by atoms with Crippen molar-refractivity contribution in [3.63, 3.8) is 0 Å². The van der Waals surface area contributed by atoms with E-state index < -0.39 is 23.3 Å². The van der Waals surface area contributed by atoms with Crippen LogP contribution in [0.25, 0.3) is 0 Å². The monoisotopic (exact) mass is 387 g/mol. The Morgan fingerprint density at radius 2 is 1.81 bits per heavy atom. The maximum Gasteiger partial charge on any atom is 0.420 e. The Bertz CT molecular complexity index is 1020. The molecule has 2 aliphatic rings. The summed E-state index contributed by atoms with van der Waals surface area (Å²) < 4.78 is 43.1. The number of nitriles is 1. The number of anilines is 1. The van der Waals surface area contributed by atoms with Crippen molar-refractivity contribution < 1.29 is 18.0 Å². The number of benzene rings is 2. The number of carbonyl (C=O) groups excluding carboxylic acids is 1. The van der Waals surface area contributed by atoms with Crippen LogP contribution in [0.4, 0.5) is 23.7 Å². The molecule has 2 aliphatic heterocycles. The molecule has 2 heterocycles. The smallest absolute Gasteiger partial charge is 0.315 e. The standard InChI is InChI=1S/C19H12F3N3OS/c1-11-6-8-12(9-7-11)18(19(20,21)22)13(10-23)16-25(17(26)24-18)14-4-2-3-5-15(14)27-16/h2-9H,1H3,(H,24,26)/t18-/m1/s1. The van der Waals surface area contributed by atoms with E-state index in [1.165, 1.54) is 24.3 Å². The fourth-order valence-electron chi connectivity index (χ4n) is 3.32. The Labute approximate surface area is 157 Å². The van der Waals surface area contributed by atoms with Crippen molar-refractivity contribution in [2.75, 3.05) is 4.90 Å². The molecular weight excluding hydrogens is 375 g/mol. The van der Waals surface area contributed by atoms with E-state index >= 15 is 0 Å². The summed E-state index contributed by atoms with van der Waals surface area (Å²) in [6.07, 6.45) is -4.91. The van der Waals surface area contributed by atoms with Crippen molar-refractivity contribution in [3.8, 4) is 6.07 Å². The number of aryl methyl sites for hydroxylation is 1. The number of para-hydroxylation sites is 1. The number of hydrogen-bond donors (Lipinski definition) is 1. The van der Waals surface area contributed by atoms with Crippen molar-refractivity contribution in [1.29, 1.82) is 5.26 Å². The molecule has 2 aromatic rings. The molecule has 0 aromatic heterocycles. The van der Waals surface area contributed by atoms with Crippen molar-refractivity contribution in [3.05, 3.63) is 70.3 Å². The minimum Gasteiger partial charge on any atom is -0.315 e. The van der Waals surface area contributed by atoms with E-state index in [1.54, 1.807) is 37.3 Å². The molecule has 0 unspecified atom stereocenters. The van der Waals surface area contributed by atoms with E-state index in [1.807, 2.05) is 0 Å². The number of nitrogens with one attached hydrogen (secondary N) is 1. The van der Waals surface area contributed by atoms with Gasteiger partial charge in [-0.2, -0.15) is 18.4 Å². The van der Waals surface area contributed by atoms with Gasteiger partial charge in [-0.05, 0) is 24.6 Å². The van der Waals surface area contributed by atoms with Crippen LogP contribution < -0.4 is 10.2 Å². The van der Waals surface area contributed by atoms with Gasteiger partial charge in [-0.25, -0.2) is 4.79 Å². The Hall–Kier alpha value is -2.92. The van der Waals surface area contributed by atoms with Gasteiger partial charge in [-0.15, -0.1) is 0 Å². The van der Waals surface area contributed by atoms with Gasteiger partial charge in [0.1, 0.15) is 16.7 Å². The molecule has 0 fully saturated rings. The Morgan fingerprint density at radius 1 is 1.15 bits per heavy atom. The molecule has 1 N–H and O–H groups in total. The molecule has 4 nitrogen and oxygen atoms in total. The lowest BCUT2D eigenvalue weighted by molar-refractivity contribution is -0.184. The van der Waals surface area contributed by atoms with Crippen LogP contribution in [-0.2, 0) is 5.54 Å². The average Bonchev–Trinajstić information content (AvgIpc) is 3.01. The molecule has 2 amide bonds. The van der Waals surface area contributed by atoms with E-state index in [0.717, 1.165) is 22.2 Å². The van der Waals surface area contributed by atoms with Gasteiger partial charge in [0.15, 0.2) is 0 Å². The maximum atomic E-state index is 14.4. The maximum absolute atomic E-state index is 14.4. The first-order chi connectivity index (χ1) is 12.8. The first kappa shape index (κ1) is 17.5. The van der Waals surface area contributed by atoms with Crippen LogP contribution in [0, 0.1) is 18.3 Å². The molecule has 1 atom stereocenters. The van der Waals surface area contributed by atoms with E-state index in [0.29, 0.717) is 10.6 Å². The SMILES string of the molecule is Cc1ccc([C@@]2(C(F)(F)F)NC(=O)N3C(=C2C#N)Sc2ccccc23)cc1. The second-order valence-electron chi connectivity index (χ2n) is 6.24. The molecule has 0 saturated carbocycles. The summed E-state index contributed by atoms with van der Waals surface area (Å²) in [5, 5.41) is 11.8. The third kappa shape index (κ3) is 2.35. The fourth-order valence-corrected chi connectivity index (χ4v) is 4.51. The number of carbonyl (C=O) groups is 1. The summed E-state index contributed by atoms with van der Waals surface area (Å²) in [6.45, 7) is 1.75. The third-order valence-corrected chi connectivity index (χ3v) is 5.77. The quantitative estimate of drug-likeness (QED) is 0.763. The lowest BCUT2D eigenvalue weighted by atomic mass is 9.81. The number of amides is 2. The molecule has 0 spiro atoms. The minimum absolute atomic E-state index is 0.0136. The van der Waals surface area contributed by atoms with Gasteiger partial charge in [-0.3, -0.25) is 4.90 Å². The third-order valence-electron chi connectivity index (χ3n) is 4.62. The number of nitrogens with zero attached hydrogens (tertiary/aromatic N) is 2. The molecule has 0 bridgehead atoms. The van der Waals surface area contributed by atoms with Gasteiger partial charge in [0, 0.05) is 4.90 Å². The second kappa shape index (κ2) is 5.79. The molecule has 27 heavy (non-hydrogen) atoms. The number of rotatable bonds is 1. The average molecular weight is 387 g/mol. The minimum atomic E-state index is -4.91. The highest BCUT2D eigenvalue weighted by Crippen LogP contribution is 2.55. The van der Waals surface area contributed by atoms with Gasteiger partial charge >= 0.3 is 12.2 Å². The van der Waals surface area contributed by atoms with E-state index in [4.69, 9.17) is 0 Å². The summed E-state index contributed by atoms with van der Waals surface area (Å²) >= 11 is 0.995. The van der Waals surface area contributed by atoms with Crippen LogP contribution in [0.1, 0.15) is 11.1 Å². The van der Waals surface area contributed by atoms with Gasteiger partial charge in [0.05, 0.1) is 5.69 Å². The van der Waals surface area contributed by atoms with E-state index in [-0.39, 0.29) is 10.6 Å². The topological polar surface area (TPSA) is 56.1 Å². The zero-order valence-electron chi connectivity index (χ0n) is 14.0. The van der Waals surface area contributed by atoms with Crippen LogP contribution >= 0.6 is 11.8 Å². The highest BCUT2D eigenvalue weighted by molar-refractivity contribution is 8.03. The van der Waals surface area contributed by atoms with E-state index in [2.05, 4.69) is 5.32 Å². The fraction of sp³-hybridized carbons (Fsp3) is 0.158. The number of thioether (sulfide) groups is 1. The van der Waals surface area contributed by atoms with Crippen molar-refractivity contribution in [2.24, 2.45) is 0 Å². The number of fused-ring (bicyclic) bond motifs is 3. The molecule has 0 radical (unpaired) electrons. The highest BCUT2D eigenvalue weighted by atomic mass is 32.2. The number of urea groups is 1. The largest absolute Gasteiger partial charge is 0.420 e. The van der Waals surface area contributed by atoms with E-state index in [9.17, 15) is 23.2 Å². The van der Waals surface area contributed by atoms with Crippen molar-refractivity contribution >= 4 is 23.5 Å². The first-order valence-corrected chi connectivity index (χ1v) is 8.79. The summed E-state index contributed by atoms with van der Waals surface area (Å²) in [5.74, 6) is 0. The van der Waals surface area contributed by atoms with Gasteiger partial charge in [-0.1, -0.05) is 53.7 Å². The molecule has 8 heteroatoms. The summed E-state index contributed by atoms with van der Waals surface area (Å²) in [7, 11) is 0. The van der Waals surface area contributed by atoms with Crippen LogP contribution in [0.5, 0.6) is 0 Å². The highest BCUT2D eigenvalue weighted by Gasteiger charge is 2.64. The summed E-state index contributed by atoms with van der Waals surface area (Å²) in [4.78, 5) is 14.5. The molecule has 136 valence electrons. The van der Waals surface area contributed by atoms with Crippen molar-refractivity contribution in [1.82, 2.24) is 5.32 Å². The van der Waals surface area contributed by atoms with Crippen molar-refractivity contribution in [2.45, 2.75) is 23.5 Å². The van der Waals surface area contributed by atoms with Crippen LogP contribution in [-0.4, -0.2) is 12.2 Å². The number of halogens is 3. The molecule has 0 saturated heterocycles. The number of hydrogen-bond acceptors (Lipinski definition) is 3. The predicted octanol–water partition coefficient (Wildman–Crippen LogP) is 4.82. The lowest BCUT2D eigenvalue weighted by Gasteiger charge is -2.42. The van der Waals surface area contributed by atoms with Gasteiger partial charge in [0.2, 0.25) is 5.54 Å². The Kier molecular flexibility index (Phi) is 3.75. The molecule has 2 aromatic carbocycles. The zero-order valence-corrected chi connectivity index (χ0v) is 14.8. The van der Waals surface area contributed by atoms with Crippen LogP contribution in [0.3, 0.4) is 0 Å². The van der Waals surface area contributed by atoms with Crippen LogP contribution in [0.2, 0.25) is 0 Å². The molecule has 4 rings (SSSR count). The zero-order chi connectivity index (χ0) is 19.4. The normalized spacial score (nSPS) is 21.4. The van der Waals surface area contributed by atoms with Gasteiger partial charge < -0.3 is 5.32 Å². The summed E-state index contributed by atoms with van der Waals surface area (Å²) in [5.41, 5.74) is -2.40. The van der Waals surface area contributed by atoms with Gasteiger partial charge in [0.25, 0.3) is 0 Å². The Morgan fingerprint density at radius 3 is 2.44 bits per heavy atom. The number of alkyl halides is 3. The Balaban J connectivity index is 2.03. The predicted molar refractivity (Wildman–Crippen MR) is 94.9 cm³/mol.